The third kappa shape index (κ3) is 3.34. The number of fused-ring (bicyclic) bond motifs is 2. The average molecular weight is 448 g/mol. The van der Waals surface area contributed by atoms with E-state index in [1.54, 1.807) is 12.4 Å². The molecule has 0 unspecified atom stereocenters. The molecule has 4 amide bonds. The molecule has 2 aromatic carbocycles. The van der Waals surface area contributed by atoms with Crippen LogP contribution in [0.2, 0.25) is 0 Å². The van der Waals surface area contributed by atoms with Crippen molar-refractivity contribution in [3.05, 3.63) is 65.2 Å². The van der Waals surface area contributed by atoms with Crippen LogP contribution in [-0.2, 0) is 17.9 Å². The van der Waals surface area contributed by atoms with Gasteiger partial charge in [-0.15, -0.1) is 0 Å². The molecule has 1 aromatic heterocycles. The number of halogens is 1. The standard InChI is InChI=1S/C23H21FN6O3/c24-16-2-4-20-19(8-16)25-13-28(20)17-11-27(12-17)9-14-1-3-18-15(7-14)10-30(22(18)32)29-6-5-21(31)26-23(29)33/h1-4,7-8,13,17H,5-6,9-12H2,(H,26,31,33). The van der Waals surface area contributed by atoms with Crippen LogP contribution in [0.25, 0.3) is 11.0 Å². The van der Waals surface area contributed by atoms with E-state index in [-0.39, 0.29) is 36.6 Å². The van der Waals surface area contributed by atoms with Gasteiger partial charge in [-0.25, -0.2) is 24.2 Å². The number of imidazole rings is 1. The maximum absolute atomic E-state index is 13.4. The van der Waals surface area contributed by atoms with Crippen LogP contribution in [0.5, 0.6) is 0 Å². The number of benzene rings is 2. The highest BCUT2D eigenvalue weighted by Crippen LogP contribution is 2.30. The number of likely N-dealkylation sites (tertiary alicyclic amines) is 1. The van der Waals surface area contributed by atoms with Gasteiger partial charge in [0, 0.05) is 37.7 Å². The molecule has 3 aliphatic heterocycles. The van der Waals surface area contributed by atoms with Gasteiger partial charge in [0.05, 0.1) is 36.5 Å². The molecule has 2 saturated heterocycles. The normalized spacial score (nSPS) is 19.2. The molecule has 2 fully saturated rings. The largest absolute Gasteiger partial charge is 0.342 e. The summed E-state index contributed by atoms with van der Waals surface area (Å²) in [6.07, 6.45) is 1.94. The van der Waals surface area contributed by atoms with Crippen LogP contribution < -0.4 is 5.32 Å². The molecule has 0 spiro atoms. The Morgan fingerprint density at radius 2 is 1.91 bits per heavy atom. The zero-order valence-electron chi connectivity index (χ0n) is 17.7. The van der Waals surface area contributed by atoms with Crippen LogP contribution >= 0.6 is 0 Å². The second-order valence-electron chi connectivity index (χ2n) is 8.71. The van der Waals surface area contributed by atoms with Crippen LogP contribution in [0.3, 0.4) is 0 Å². The molecular formula is C23H21FN6O3. The number of rotatable bonds is 4. The highest BCUT2D eigenvalue weighted by atomic mass is 19.1. The molecule has 0 saturated carbocycles. The molecule has 0 radical (unpaired) electrons. The van der Waals surface area contributed by atoms with E-state index in [2.05, 4.69) is 19.8 Å². The van der Waals surface area contributed by atoms with Gasteiger partial charge in [0.1, 0.15) is 5.82 Å². The summed E-state index contributed by atoms with van der Waals surface area (Å²) in [5.41, 5.74) is 4.15. The van der Waals surface area contributed by atoms with Gasteiger partial charge < -0.3 is 4.57 Å². The van der Waals surface area contributed by atoms with Gasteiger partial charge in [-0.05, 0) is 29.3 Å². The van der Waals surface area contributed by atoms with Crippen molar-refractivity contribution in [2.45, 2.75) is 25.6 Å². The van der Waals surface area contributed by atoms with Crippen molar-refractivity contribution in [1.29, 1.82) is 0 Å². The topological polar surface area (TPSA) is 90.8 Å². The molecule has 0 atom stereocenters. The number of imide groups is 1. The second kappa shape index (κ2) is 7.38. The summed E-state index contributed by atoms with van der Waals surface area (Å²) in [6.45, 7) is 2.96. The minimum atomic E-state index is -0.561. The Balaban J connectivity index is 1.12. The Bertz CT molecular complexity index is 1310. The number of carbonyl (C=O) groups excluding carboxylic acids is 3. The van der Waals surface area contributed by atoms with Gasteiger partial charge in [0.2, 0.25) is 5.91 Å². The molecular weight excluding hydrogens is 427 g/mol. The lowest BCUT2D eigenvalue weighted by Crippen LogP contribution is -2.56. The maximum Gasteiger partial charge on any atom is 0.342 e. The van der Waals surface area contributed by atoms with Gasteiger partial charge in [0.25, 0.3) is 5.91 Å². The van der Waals surface area contributed by atoms with Crippen molar-refractivity contribution in [3.63, 3.8) is 0 Å². The van der Waals surface area contributed by atoms with Crippen LogP contribution in [-0.4, -0.2) is 61.9 Å². The van der Waals surface area contributed by atoms with E-state index in [0.717, 1.165) is 36.3 Å². The fraction of sp³-hybridized carbons (Fsp3) is 0.304. The van der Waals surface area contributed by atoms with E-state index in [9.17, 15) is 18.8 Å². The lowest BCUT2D eigenvalue weighted by molar-refractivity contribution is -0.123. The summed E-state index contributed by atoms with van der Waals surface area (Å²) < 4.78 is 15.5. The summed E-state index contributed by atoms with van der Waals surface area (Å²) in [5, 5.41) is 4.97. The molecule has 1 N–H and O–H groups in total. The van der Waals surface area contributed by atoms with E-state index in [1.165, 1.54) is 22.2 Å². The van der Waals surface area contributed by atoms with Crippen LogP contribution in [0.15, 0.2) is 42.7 Å². The number of hydrogen-bond acceptors (Lipinski definition) is 5. The number of aromatic nitrogens is 2. The third-order valence-electron chi connectivity index (χ3n) is 6.55. The predicted molar refractivity (Wildman–Crippen MR) is 115 cm³/mol. The Morgan fingerprint density at radius 3 is 2.73 bits per heavy atom. The van der Waals surface area contributed by atoms with E-state index in [1.807, 2.05) is 18.2 Å². The van der Waals surface area contributed by atoms with Gasteiger partial charge in [-0.2, -0.15) is 0 Å². The summed E-state index contributed by atoms with van der Waals surface area (Å²) in [6, 6.07) is 10.2. The van der Waals surface area contributed by atoms with Crippen LogP contribution in [0.4, 0.5) is 9.18 Å². The molecule has 4 heterocycles. The number of nitrogens with zero attached hydrogens (tertiary/aromatic N) is 5. The Labute approximate surface area is 188 Å². The summed E-state index contributed by atoms with van der Waals surface area (Å²) >= 11 is 0. The Kier molecular flexibility index (Phi) is 4.44. The molecule has 168 valence electrons. The summed E-state index contributed by atoms with van der Waals surface area (Å²) in [5.74, 6) is -0.842. The smallest absolute Gasteiger partial charge is 0.325 e. The predicted octanol–water partition coefficient (Wildman–Crippen LogP) is 2.04. The van der Waals surface area contributed by atoms with E-state index >= 15 is 0 Å². The van der Waals surface area contributed by atoms with Crippen molar-refractivity contribution >= 4 is 28.9 Å². The molecule has 0 bridgehead atoms. The molecule has 3 aliphatic rings. The number of urea groups is 1. The van der Waals surface area contributed by atoms with E-state index in [0.29, 0.717) is 17.6 Å². The zero-order valence-corrected chi connectivity index (χ0v) is 17.7. The van der Waals surface area contributed by atoms with Crippen molar-refractivity contribution in [3.8, 4) is 0 Å². The van der Waals surface area contributed by atoms with Crippen molar-refractivity contribution in [2.24, 2.45) is 0 Å². The Hall–Kier alpha value is -3.79. The van der Waals surface area contributed by atoms with Crippen LogP contribution in [0.1, 0.15) is 33.9 Å². The lowest BCUT2D eigenvalue weighted by Gasteiger charge is -2.40. The number of hydrazine groups is 1. The first-order chi connectivity index (χ1) is 16.0. The second-order valence-corrected chi connectivity index (χ2v) is 8.71. The summed E-state index contributed by atoms with van der Waals surface area (Å²) in [7, 11) is 0. The molecule has 0 aliphatic carbocycles. The number of hydrogen-bond donors (Lipinski definition) is 1. The monoisotopic (exact) mass is 448 g/mol. The number of nitrogens with one attached hydrogen (secondary N) is 1. The quantitative estimate of drug-likeness (QED) is 0.660. The molecule has 9 nitrogen and oxygen atoms in total. The molecule has 10 heteroatoms. The molecule has 3 aromatic rings. The highest BCUT2D eigenvalue weighted by molar-refractivity contribution is 6.01. The fourth-order valence-electron chi connectivity index (χ4n) is 4.84. The number of amides is 4. The minimum Gasteiger partial charge on any atom is -0.325 e. The van der Waals surface area contributed by atoms with Gasteiger partial charge >= 0.3 is 6.03 Å². The van der Waals surface area contributed by atoms with Gasteiger partial charge in [-0.3, -0.25) is 19.8 Å². The SMILES string of the molecule is O=C1CCN(N2Cc3cc(CN4CC(n5cnc6cc(F)ccc65)C4)ccc3C2=O)C(=O)N1. The van der Waals surface area contributed by atoms with Crippen molar-refractivity contribution in [1.82, 2.24) is 29.8 Å². The third-order valence-corrected chi connectivity index (χ3v) is 6.55. The first-order valence-electron chi connectivity index (χ1n) is 10.9. The maximum atomic E-state index is 13.4. The first-order valence-corrected chi connectivity index (χ1v) is 10.9. The lowest BCUT2D eigenvalue weighted by atomic mass is 10.0. The first kappa shape index (κ1) is 19.9. The molecule has 6 rings (SSSR count). The van der Waals surface area contributed by atoms with Gasteiger partial charge in [0.15, 0.2) is 0 Å². The number of carbonyl (C=O) groups is 3. The summed E-state index contributed by atoms with van der Waals surface area (Å²) in [4.78, 5) is 43.0. The minimum absolute atomic E-state index is 0.175. The van der Waals surface area contributed by atoms with Gasteiger partial charge in [-0.1, -0.05) is 12.1 Å². The zero-order chi connectivity index (χ0) is 22.7. The van der Waals surface area contributed by atoms with E-state index < -0.39 is 6.03 Å². The molecule has 33 heavy (non-hydrogen) atoms. The average Bonchev–Trinajstić information content (AvgIpc) is 3.31. The van der Waals surface area contributed by atoms with Crippen molar-refractivity contribution in [2.75, 3.05) is 19.6 Å². The van der Waals surface area contributed by atoms with Crippen molar-refractivity contribution < 1.29 is 18.8 Å². The highest BCUT2D eigenvalue weighted by Gasteiger charge is 2.37. The fourth-order valence-corrected chi connectivity index (χ4v) is 4.84. The van der Waals surface area contributed by atoms with Crippen LogP contribution in [0, 0.1) is 5.82 Å². The van der Waals surface area contributed by atoms with E-state index in [4.69, 9.17) is 0 Å². The Morgan fingerprint density at radius 1 is 1.06 bits per heavy atom.